The molecule has 0 saturated carbocycles. The minimum atomic E-state index is -1.39. The number of aliphatic hydroxyl groups excluding tert-OH is 2. The Labute approximate surface area is 393 Å². The Morgan fingerprint density at radius 1 is 0.466 bits per heavy atom. The number of carboxylic acids is 2. The molecule has 0 aliphatic rings. The molecule has 0 aromatic heterocycles. The summed E-state index contributed by atoms with van der Waals surface area (Å²) in [5.41, 5.74) is -0.280. The first-order valence-corrected chi connectivity index (χ1v) is 21.4. The van der Waals surface area contributed by atoms with Crippen LogP contribution in [-0.2, 0) is 9.47 Å². The van der Waals surface area contributed by atoms with Gasteiger partial charge in [0.15, 0.2) is 0 Å². The molecule has 58 heavy (non-hydrogen) atoms. The van der Waals surface area contributed by atoms with Crippen LogP contribution < -0.4 is 69.3 Å². The van der Waals surface area contributed by atoms with Crippen molar-refractivity contribution in [1.82, 2.24) is 0 Å². The van der Waals surface area contributed by atoms with Crippen molar-refractivity contribution in [2.45, 2.75) is 193 Å². The molecule has 2 rings (SSSR count). The van der Waals surface area contributed by atoms with Gasteiger partial charge in [-0.1, -0.05) is 141 Å². The van der Waals surface area contributed by atoms with Crippen molar-refractivity contribution in [1.29, 1.82) is 0 Å². The summed E-state index contributed by atoms with van der Waals surface area (Å²) in [6.07, 6.45) is 20.0. The Hall–Kier alpha value is -1.76. The second kappa shape index (κ2) is 37.0. The van der Waals surface area contributed by atoms with Crippen molar-refractivity contribution in [3.05, 3.63) is 70.8 Å². The number of hydrogen-bond donors (Lipinski definition) is 2. The van der Waals surface area contributed by atoms with E-state index >= 15 is 0 Å². The molecule has 0 amide bonds. The van der Waals surface area contributed by atoms with Crippen LogP contribution in [0.15, 0.2) is 48.5 Å². The van der Waals surface area contributed by atoms with Crippen molar-refractivity contribution in [3.8, 4) is 0 Å². The third-order valence-electron chi connectivity index (χ3n) is 10.1. The number of ether oxygens (including phenoxy) is 2. The summed E-state index contributed by atoms with van der Waals surface area (Å²) in [4.78, 5) is 47.5. The van der Waals surface area contributed by atoms with Crippen LogP contribution in [0.25, 0.3) is 0 Å². The normalized spacial score (nSPS) is 12.7. The summed E-state index contributed by atoms with van der Waals surface area (Å²) in [6.45, 7) is 8.22. The van der Waals surface area contributed by atoms with Gasteiger partial charge in [0.05, 0.1) is 35.3 Å². The van der Waals surface area contributed by atoms with E-state index < -0.39 is 36.1 Å². The van der Waals surface area contributed by atoms with E-state index in [2.05, 4.69) is 13.8 Å². The third kappa shape index (κ3) is 26.5. The van der Waals surface area contributed by atoms with Gasteiger partial charge in [0.2, 0.25) is 0 Å². The quantitative estimate of drug-likeness (QED) is 0.0678. The van der Waals surface area contributed by atoms with Gasteiger partial charge in [0.25, 0.3) is 0 Å². The second-order valence-electron chi connectivity index (χ2n) is 14.8. The summed E-state index contributed by atoms with van der Waals surface area (Å²) >= 11 is 0. The molecule has 0 saturated heterocycles. The van der Waals surface area contributed by atoms with Crippen LogP contribution in [0.3, 0.4) is 0 Å². The van der Waals surface area contributed by atoms with E-state index in [-0.39, 0.29) is 93.6 Å². The fourth-order valence-corrected chi connectivity index (χ4v) is 6.46. The van der Waals surface area contributed by atoms with Crippen LogP contribution >= 0.6 is 0 Å². The van der Waals surface area contributed by atoms with Crippen LogP contribution in [-0.4, -0.2) is 58.5 Å². The number of rotatable bonds is 30. The SMILES string of the molecule is CCCCCCCCCC(CCC(O)CC)OC(=O)c1ccccc1C(=O)[O-].CCCCCCCCCC(CCC(O)CC)OC(=O)c1ccccc1C(=O)[O-].[Na+].[Na+]. The minimum Gasteiger partial charge on any atom is -0.545 e. The van der Waals surface area contributed by atoms with Gasteiger partial charge in [0.1, 0.15) is 12.2 Å². The van der Waals surface area contributed by atoms with Crippen LogP contribution in [0.4, 0.5) is 0 Å². The molecule has 2 aromatic carbocycles. The molecule has 2 aromatic rings. The second-order valence-corrected chi connectivity index (χ2v) is 14.8. The van der Waals surface area contributed by atoms with Gasteiger partial charge in [-0.05, 0) is 76.3 Å². The molecule has 0 spiro atoms. The number of aliphatic hydroxyl groups is 2. The fourth-order valence-electron chi connectivity index (χ4n) is 6.46. The number of carbonyl (C=O) groups excluding carboxylic acids is 4. The van der Waals surface area contributed by atoms with Crippen molar-refractivity contribution < 1.29 is 108 Å². The molecule has 0 aliphatic carbocycles. The monoisotopic (exact) mass is 828 g/mol. The number of esters is 2. The molecule has 2 N–H and O–H groups in total. The van der Waals surface area contributed by atoms with Gasteiger partial charge in [-0.2, -0.15) is 0 Å². The minimum absolute atomic E-state index is 0. The van der Waals surface area contributed by atoms with Gasteiger partial charge >= 0.3 is 71.1 Å². The maximum atomic E-state index is 12.5. The topological polar surface area (TPSA) is 173 Å². The van der Waals surface area contributed by atoms with Crippen molar-refractivity contribution in [3.63, 3.8) is 0 Å². The standard InChI is InChI=1S/2C23H36O5.2Na/c2*1-3-5-6-7-8-9-10-13-19(17-16-18(24)4-2)28-23(27)21-15-12-11-14-20(21)22(25)26;;/h2*11-12,14-15,18-19,24H,3-10,13,16-17H2,1-2H3,(H,25,26);;/q;;2*+1/p-2. The fraction of sp³-hybridized carbons (Fsp3) is 0.652. The first-order chi connectivity index (χ1) is 27.0. The molecule has 316 valence electrons. The third-order valence-corrected chi connectivity index (χ3v) is 10.1. The molecule has 0 bridgehead atoms. The number of aromatic carboxylic acids is 2. The summed E-state index contributed by atoms with van der Waals surface area (Å²) in [5.74, 6) is -4.06. The maximum Gasteiger partial charge on any atom is 1.00 e. The number of carbonyl (C=O) groups is 4. The summed E-state index contributed by atoms with van der Waals surface area (Å²) in [7, 11) is 0. The van der Waals surface area contributed by atoms with E-state index in [1.165, 1.54) is 88.5 Å². The Morgan fingerprint density at radius 3 is 1.05 bits per heavy atom. The largest absolute Gasteiger partial charge is 1.00 e. The molecular formula is C46H70Na2O10. The molecule has 4 unspecified atom stereocenters. The van der Waals surface area contributed by atoms with Crippen LogP contribution in [0, 0.1) is 0 Å². The van der Waals surface area contributed by atoms with Crippen LogP contribution in [0.5, 0.6) is 0 Å². The van der Waals surface area contributed by atoms with E-state index in [0.717, 1.165) is 38.5 Å². The van der Waals surface area contributed by atoms with E-state index in [9.17, 15) is 39.6 Å². The summed E-state index contributed by atoms with van der Waals surface area (Å²) in [6, 6.07) is 11.9. The molecule has 0 aliphatic heterocycles. The predicted octanol–water partition coefficient (Wildman–Crippen LogP) is 2.54. The Morgan fingerprint density at radius 2 is 0.759 bits per heavy atom. The average Bonchev–Trinajstić information content (AvgIpc) is 3.20. The zero-order valence-electron chi connectivity index (χ0n) is 36.6. The van der Waals surface area contributed by atoms with Crippen molar-refractivity contribution >= 4 is 23.9 Å². The van der Waals surface area contributed by atoms with Gasteiger partial charge in [-0.3, -0.25) is 0 Å². The first-order valence-electron chi connectivity index (χ1n) is 21.4. The number of carboxylic acid groups (broad SMARTS) is 2. The van der Waals surface area contributed by atoms with E-state index in [4.69, 9.17) is 9.47 Å². The van der Waals surface area contributed by atoms with E-state index in [0.29, 0.717) is 38.5 Å². The molecule has 0 radical (unpaired) electrons. The number of benzene rings is 2. The van der Waals surface area contributed by atoms with Gasteiger partial charge in [0, 0.05) is 11.1 Å². The van der Waals surface area contributed by atoms with Gasteiger partial charge < -0.3 is 39.5 Å². The zero-order valence-corrected chi connectivity index (χ0v) is 40.6. The molecule has 12 heteroatoms. The molecular weight excluding hydrogens is 758 g/mol. The molecule has 4 atom stereocenters. The van der Waals surface area contributed by atoms with Crippen molar-refractivity contribution in [2.24, 2.45) is 0 Å². The van der Waals surface area contributed by atoms with Crippen molar-refractivity contribution in [2.75, 3.05) is 0 Å². The Bertz CT molecular complexity index is 1280. The van der Waals surface area contributed by atoms with Gasteiger partial charge in [-0.25, -0.2) is 9.59 Å². The number of unbranched alkanes of at least 4 members (excludes halogenated alkanes) is 12. The van der Waals surface area contributed by atoms with E-state index in [1.807, 2.05) is 13.8 Å². The van der Waals surface area contributed by atoms with Crippen LogP contribution in [0.1, 0.15) is 210 Å². The van der Waals surface area contributed by atoms with Gasteiger partial charge in [-0.15, -0.1) is 0 Å². The Balaban J connectivity index is 0. The maximum absolute atomic E-state index is 12.5. The summed E-state index contributed by atoms with van der Waals surface area (Å²) < 4.78 is 11.3. The average molecular weight is 829 g/mol. The molecule has 0 fully saturated rings. The Kier molecular flexibility index (Phi) is 37.3. The zero-order chi connectivity index (χ0) is 41.6. The molecule has 10 nitrogen and oxygen atoms in total. The van der Waals surface area contributed by atoms with Crippen LogP contribution in [0.2, 0.25) is 0 Å². The number of hydrogen-bond acceptors (Lipinski definition) is 10. The predicted molar refractivity (Wildman–Crippen MR) is 216 cm³/mol. The first kappa shape index (κ1) is 58.3. The molecule has 0 heterocycles. The van der Waals surface area contributed by atoms with E-state index in [1.54, 1.807) is 24.3 Å². The summed E-state index contributed by atoms with van der Waals surface area (Å²) in [5, 5.41) is 42.1. The smallest absolute Gasteiger partial charge is 0.545 e.